The first kappa shape index (κ1) is 18.1. The summed E-state index contributed by atoms with van der Waals surface area (Å²) in [4.78, 5) is 11.6. The van der Waals surface area contributed by atoms with Gasteiger partial charge in [-0.15, -0.1) is 0 Å². The number of hydrogen-bond acceptors (Lipinski definition) is 6. The summed E-state index contributed by atoms with van der Waals surface area (Å²) in [6, 6.07) is 2.36. The summed E-state index contributed by atoms with van der Waals surface area (Å²) in [5.41, 5.74) is -7.04. The van der Waals surface area contributed by atoms with E-state index < -0.39 is 32.9 Å². The number of alkyl halides is 3. The molecule has 0 aliphatic heterocycles. The van der Waals surface area contributed by atoms with Crippen molar-refractivity contribution >= 4 is 27.7 Å². The number of carbonyl (C=O) groups excluding carboxylic acids is 1. The van der Waals surface area contributed by atoms with Gasteiger partial charge in [-0.3, -0.25) is 0 Å². The van der Waals surface area contributed by atoms with Crippen molar-refractivity contribution in [1.29, 1.82) is 5.26 Å². The van der Waals surface area contributed by atoms with Gasteiger partial charge in [-0.2, -0.15) is 26.9 Å². The number of hydrogen-bond donors (Lipinski definition) is 0. The van der Waals surface area contributed by atoms with Gasteiger partial charge < -0.3 is 8.92 Å². The van der Waals surface area contributed by atoms with Crippen molar-refractivity contribution in [2.75, 3.05) is 7.11 Å². The van der Waals surface area contributed by atoms with E-state index in [1.807, 2.05) is 0 Å². The van der Waals surface area contributed by atoms with Crippen LogP contribution in [0.25, 0.3) is 0 Å². The van der Waals surface area contributed by atoms with Gasteiger partial charge in [-0.1, -0.05) is 11.6 Å². The molecule has 0 radical (unpaired) electrons. The lowest BCUT2D eigenvalue weighted by Gasteiger charge is -2.15. The molecule has 0 aliphatic rings. The second kappa shape index (κ2) is 6.02. The number of rotatable bonds is 3. The van der Waals surface area contributed by atoms with Crippen molar-refractivity contribution in [2.24, 2.45) is 0 Å². The number of ether oxygens (including phenoxy) is 1. The fourth-order valence-corrected chi connectivity index (χ4v) is 2.24. The Hall–Kier alpha value is -1.99. The van der Waals surface area contributed by atoms with Gasteiger partial charge >= 0.3 is 21.6 Å². The third kappa shape index (κ3) is 3.26. The average Bonchev–Trinajstić information content (AvgIpc) is 2.40. The molecule has 11 heteroatoms. The molecule has 0 fully saturated rings. The Morgan fingerprint density at radius 1 is 1.41 bits per heavy atom. The minimum Gasteiger partial charge on any atom is -0.465 e. The van der Waals surface area contributed by atoms with Gasteiger partial charge in [0.1, 0.15) is 11.6 Å². The largest absolute Gasteiger partial charge is 0.534 e. The van der Waals surface area contributed by atoms with Gasteiger partial charge in [0, 0.05) is 5.56 Å². The van der Waals surface area contributed by atoms with Crippen molar-refractivity contribution in [3.05, 3.63) is 27.8 Å². The van der Waals surface area contributed by atoms with Gasteiger partial charge in [-0.05, 0) is 13.0 Å². The van der Waals surface area contributed by atoms with Crippen LogP contribution in [-0.4, -0.2) is 27.0 Å². The van der Waals surface area contributed by atoms with Gasteiger partial charge in [0.25, 0.3) is 0 Å². The maximum Gasteiger partial charge on any atom is 0.534 e. The molecule has 0 amide bonds. The van der Waals surface area contributed by atoms with Crippen LogP contribution in [0.3, 0.4) is 0 Å². The van der Waals surface area contributed by atoms with E-state index in [-0.39, 0.29) is 16.1 Å². The zero-order chi connectivity index (χ0) is 17.3. The minimum atomic E-state index is -6.04. The van der Waals surface area contributed by atoms with Crippen LogP contribution in [0.1, 0.15) is 21.5 Å². The molecule has 120 valence electrons. The monoisotopic (exact) mass is 357 g/mol. The van der Waals surface area contributed by atoms with Crippen LogP contribution in [0.4, 0.5) is 13.2 Å². The van der Waals surface area contributed by atoms with E-state index in [1.165, 1.54) is 0 Å². The molecule has 6 nitrogen and oxygen atoms in total. The zero-order valence-electron chi connectivity index (χ0n) is 11.0. The molecule has 0 N–H and O–H groups in total. The fraction of sp³-hybridized carbons (Fsp3) is 0.273. The fourth-order valence-electron chi connectivity index (χ4n) is 1.42. The molecule has 1 aromatic carbocycles. The van der Waals surface area contributed by atoms with Crippen LogP contribution in [-0.2, 0) is 14.9 Å². The van der Waals surface area contributed by atoms with Crippen LogP contribution in [0.2, 0.25) is 5.02 Å². The Morgan fingerprint density at radius 3 is 2.36 bits per heavy atom. The minimum absolute atomic E-state index is 0.267. The van der Waals surface area contributed by atoms with Gasteiger partial charge in [0.15, 0.2) is 5.75 Å². The molecule has 0 aromatic heterocycles. The van der Waals surface area contributed by atoms with E-state index in [0.29, 0.717) is 0 Å². The standard InChI is InChI=1S/C11H7ClF3NO5S/c1-5-7(4-16)8(12)3-6(10(17)20-2)9(5)21-22(18,19)11(13,14)15/h3H,1-2H3. The van der Waals surface area contributed by atoms with Crippen molar-refractivity contribution in [3.8, 4) is 11.8 Å². The number of halogens is 4. The van der Waals surface area contributed by atoms with E-state index in [2.05, 4.69) is 8.92 Å². The summed E-state index contributed by atoms with van der Waals surface area (Å²) in [7, 11) is -5.11. The van der Waals surface area contributed by atoms with Crippen LogP contribution in [0.5, 0.6) is 5.75 Å². The molecule has 0 heterocycles. The predicted molar refractivity (Wildman–Crippen MR) is 67.8 cm³/mol. The second-order valence-electron chi connectivity index (χ2n) is 3.82. The first-order valence-electron chi connectivity index (χ1n) is 5.28. The number of benzene rings is 1. The number of esters is 1. The molecule has 1 aromatic rings. The van der Waals surface area contributed by atoms with Crippen LogP contribution in [0.15, 0.2) is 6.07 Å². The lowest BCUT2D eigenvalue weighted by atomic mass is 10.0. The molecule has 0 aliphatic carbocycles. The molecule has 0 saturated carbocycles. The molecule has 0 saturated heterocycles. The Kier molecular flexibility index (Phi) is 4.94. The molecule has 1 rings (SSSR count). The lowest BCUT2D eigenvalue weighted by molar-refractivity contribution is -0.0500. The third-order valence-electron chi connectivity index (χ3n) is 2.46. The summed E-state index contributed by atoms with van der Waals surface area (Å²) in [5, 5.41) is 8.62. The number of methoxy groups -OCH3 is 1. The summed E-state index contributed by atoms with van der Waals surface area (Å²) in [6.07, 6.45) is 0. The van der Waals surface area contributed by atoms with Crippen LogP contribution in [0, 0.1) is 18.3 Å². The van der Waals surface area contributed by atoms with Crippen LogP contribution >= 0.6 is 11.6 Å². The van der Waals surface area contributed by atoms with E-state index in [0.717, 1.165) is 20.1 Å². The highest BCUT2D eigenvalue weighted by Crippen LogP contribution is 2.36. The molecular weight excluding hydrogens is 351 g/mol. The van der Waals surface area contributed by atoms with Crippen LogP contribution < -0.4 is 4.18 Å². The normalized spacial score (nSPS) is 11.7. The Bertz CT molecular complexity index is 767. The summed E-state index contributed by atoms with van der Waals surface area (Å²) in [6.45, 7) is 1.08. The third-order valence-corrected chi connectivity index (χ3v) is 3.71. The number of carbonyl (C=O) groups is 1. The lowest BCUT2D eigenvalue weighted by Crippen LogP contribution is -2.29. The highest BCUT2D eigenvalue weighted by atomic mass is 35.5. The summed E-state index contributed by atoms with van der Waals surface area (Å²) in [5.74, 6) is -2.15. The van der Waals surface area contributed by atoms with Crippen molar-refractivity contribution in [2.45, 2.75) is 12.4 Å². The SMILES string of the molecule is COC(=O)c1cc(Cl)c(C#N)c(C)c1OS(=O)(=O)C(F)(F)F. The number of nitriles is 1. The van der Waals surface area contributed by atoms with Crippen molar-refractivity contribution in [3.63, 3.8) is 0 Å². The Balaban J connectivity index is 3.65. The Labute approximate surface area is 128 Å². The summed E-state index contributed by atoms with van der Waals surface area (Å²) >= 11 is 5.71. The maximum absolute atomic E-state index is 12.4. The van der Waals surface area contributed by atoms with Gasteiger partial charge in [0.2, 0.25) is 0 Å². The first-order chi connectivity index (χ1) is 9.96. The molecule has 22 heavy (non-hydrogen) atoms. The highest BCUT2D eigenvalue weighted by Gasteiger charge is 2.49. The smallest absolute Gasteiger partial charge is 0.465 e. The maximum atomic E-state index is 12.4. The van der Waals surface area contributed by atoms with E-state index in [4.69, 9.17) is 16.9 Å². The average molecular weight is 358 g/mol. The van der Waals surface area contributed by atoms with E-state index in [9.17, 15) is 26.4 Å². The molecule has 0 atom stereocenters. The molecular formula is C11H7ClF3NO5S. The zero-order valence-corrected chi connectivity index (χ0v) is 12.6. The molecule has 0 unspecified atom stereocenters. The van der Waals surface area contributed by atoms with E-state index >= 15 is 0 Å². The van der Waals surface area contributed by atoms with E-state index in [1.54, 1.807) is 6.07 Å². The first-order valence-corrected chi connectivity index (χ1v) is 7.07. The van der Waals surface area contributed by atoms with Crippen molar-refractivity contribution < 1.29 is 35.3 Å². The quantitative estimate of drug-likeness (QED) is 0.469. The molecule has 0 spiro atoms. The van der Waals surface area contributed by atoms with Crippen molar-refractivity contribution in [1.82, 2.24) is 0 Å². The highest BCUT2D eigenvalue weighted by molar-refractivity contribution is 7.88. The number of nitrogens with zero attached hydrogens (tertiary/aromatic N) is 1. The Morgan fingerprint density at radius 2 is 1.95 bits per heavy atom. The summed E-state index contributed by atoms with van der Waals surface area (Å²) < 4.78 is 67.7. The van der Waals surface area contributed by atoms with Gasteiger partial charge in [0.05, 0.1) is 17.7 Å². The van der Waals surface area contributed by atoms with Gasteiger partial charge in [-0.25, -0.2) is 4.79 Å². The second-order valence-corrected chi connectivity index (χ2v) is 5.77. The molecule has 0 bridgehead atoms. The topological polar surface area (TPSA) is 93.5 Å². The predicted octanol–water partition coefficient (Wildman–Crippen LogP) is 2.54.